The molecule has 8 nitrogen and oxygen atoms in total. The second-order valence-corrected chi connectivity index (χ2v) is 6.97. The molecule has 8 heteroatoms. The monoisotopic (exact) mass is 379 g/mol. The number of aryl methyl sites for hydroxylation is 1. The van der Waals surface area contributed by atoms with Gasteiger partial charge < -0.3 is 20.1 Å². The summed E-state index contributed by atoms with van der Waals surface area (Å²) in [5.41, 5.74) is 0. The molecule has 0 saturated carbocycles. The Labute approximate surface area is 163 Å². The first-order valence-corrected chi connectivity index (χ1v) is 10.1. The van der Waals surface area contributed by atoms with E-state index in [-0.39, 0.29) is 12.5 Å². The van der Waals surface area contributed by atoms with E-state index in [9.17, 15) is 4.79 Å². The van der Waals surface area contributed by atoms with Crippen molar-refractivity contribution in [2.24, 2.45) is 10.9 Å². The van der Waals surface area contributed by atoms with Gasteiger partial charge in [0.15, 0.2) is 5.96 Å². The summed E-state index contributed by atoms with van der Waals surface area (Å²) < 4.78 is 2.03. The predicted octanol–water partition coefficient (Wildman–Crippen LogP) is 1.68. The van der Waals surface area contributed by atoms with E-state index >= 15 is 0 Å². The number of unbranched alkanes of at least 4 members (excludes halogenated alkanes) is 1. The molecule has 1 aromatic heterocycles. The van der Waals surface area contributed by atoms with Gasteiger partial charge in [-0.15, -0.1) is 10.2 Å². The largest absolute Gasteiger partial charge is 0.356 e. The first-order chi connectivity index (χ1) is 13.0. The fourth-order valence-electron chi connectivity index (χ4n) is 2.68. The molecule has 0 radical (unpaired) electrons. The normalized spacial score (nSPS) is 12.7. The van der Waals surface area contributed by atoms with Gasteiger partial charge in [0.25, 0.3) is 0 Å². The van der Waals surface area contributed by atoms with Crippen LogP contribution < -0.4 is 10.6 Å². The molecule has 1 heterocycles. The summed E-state index contributed by atoms with van der Waals surface area (Å²) in [6, 6.07) is 0. The van der Waals surface area contributed by atoms with Crippen molar-refractivity contribution in [3.8, 4) is 0 Å². The number of nitrogens with zero attached hydrogens (tertiary/aromatic N) is 5. The standard InChI is InChI=1S/C19H37N7O/c1-6-9-10-16(7-2)13-21-19(22-14-18(27)25(4)5)20-11-12-26-15-23-24-17(26)8-3/h15-16H,6-14H2,1-5H3,(H2,20,21,22). The molecule has 0 bridgehead atoms. The molecule has 154 valence electrons. The average molecular weight is 380 g/mol. The van der Waals surface area contributed by atoms with Gasteiger partial charge in [-0.2, -0.15) is 0 Å². The Balaban J connectivity index is 2.61. The fourth-order valence-corrected chi connectivity index (χ4v) is 2.68. The minimum absolute atomic E-state index is 0.0128. The maximum atomic E-state index is 11.9. The van der Waals surface area contributed by atoms with Crippen LogP contribution >= 0.6 is 0 Å². The van der Waals surface area contributed by atoms with Crippen LogP contribution in [0.1, 0.15) is 52.3 Å². The number of likely N-dealkylation sites (N-methyl/N-ethyl adjacent to an activating group) is 1. The number of guanidine groups is 1. The van der Waals surface area contributed by atoms with Crippen molar-refractivity contribution in [2.45, 2.75) is 59.4 Å². The van der Waals surface area contributed by atoms with E-state index in [4.69, 9.17) is 0 Å². The van der Waals surface area contributed by atoms with Crippen LogP contribution in [0.15, 0.2) is 11.3 Å². The minimum Gasteiger partial charge on any atom is -0.356 e. The molecule has 1 amide bonds. The molecule has 0 aliphatic heterocycles. The van der Waals surface area contributed by atoms with E-state index in [0.717, 1.165) is 31.8 Å². The Hall–Kier alpha value is -2.12. The van der Waals surface area contributed by atoms with Gasteiger partial charge in [0, 0.05) is 40.2 Å². The van der Waals surface area contributed by atoms with Crippen LogP contribution in [0.4, 0.5) is 0 Å². The second-order valence-electron chi connectivity index (χ2n) is 6.97. The quantitative estimate of drug-likeness (QED) is 0.426. The molecule has 27 heavy (non-hydrogen) atoms. The molecule has 2 N–H and O–H groups in total. The van der Waals surface area contributed by atoms with Crippen molar-refractivity contribution >= 4 is 11.9 Å². The first-order valence-electron chi connectivity index (χ1n) is 10.1. The number of nitrogens with one attached hydrogen (secondary N) is 2. The summed E-state index contributed by atoms with van der Waals surface area (Å²) in [5.74, 6) is 2.26. The Morgan fingerprint density at radius 3 is 2.70 bits per heavy atom. The average Bonchev–Trinajstić information content (AvgIpc) is 3.12. The van der Waals surface area contributed by atoms with E-state index in [2.05, 4.69) is 46.6 Å². The zero-order valence-electron chi connectivity index (χ0n) is 17.7. The van der Waals surface area contributed by atoms with Crippen molar-refractivity contribution in [3.63, 3.8) is 0 Å². The predicted molar refractivity (Wildman–Crippen MR) is 110 cm³/mol. The van der Waals surface area contributed by atoms with E-state index in [1.54, 1.807) is 25.3 Å². The number of aromatic nitrogens is 3. The lowest BCUT2D eigenvalue weighted by Crippen LogP contribution is -2.42. The Kier molecular flexibility index (Phi) is 11.1. The lowest BCUT2D eigenvalue weighted by Gasteiger charge is -2.19. The number of hydrogen-bond donors (Lipinski definition) is 2. The molecular formula is C19H37N7O. The summed E-state index contributed by atoms with van der Waals surface area (Å²) in [7, 11) is 3.49. The Morgan fingerprint density at radius 2 is 2.07 bits per heavy atom. The van der Waals surface area contributed by atoms with E-state index in [1.165, 1.54) is 19.3 Å². The van der Waals surface area contributed by atoms with E-state index < -0.39 is 0 Å². The molecule has 1 rings (SSSR count). The molecule has 0 aromatic carbocycles. The molecule has 0 saturated heterocycles. The van der Waals surface area contributed by atoms with Gasteiger partial charge in [0.05, 0.1) is 0 Å². The number of carbonyl (C=O) groups excluding carboxylic acids is 1. The van der Waals surface area contributed by atoms with E-state index in [0.29, 0.717) is 18.4 Å². The SMILES string of the molecule is CCCCC(CC)CNC(=NCC(=O)N(C)C)NCCn1cnnc1CC. The highest BCUT2D eigenvalue weighted by Crippen LogP contribution is 2.11. The zero-order chi connectivity index (χ0) is 20.1. The van der Waals surface area contributed by atoms with Gasteiger partial charge in [-0.1, -0.05) is 40.0 Å². The summed E-state index contributed by atoms with van der Waals surface area (Å²) in [6.45, 7) is 8.96. The van der Waals surface area contributed by atoms with Gasteiger partial charge >= 0.3 is 0 Å². The highest BCUT2D eigenvalue weighted by Gasteiger charge is 2.09. The van der Waals surface area contributed by atoms with Gasteiger partial charge in [-0.25, -0.2) is 4.99 Å². The first kappa shape index (κ1) is 22.9. The number of hydrogen-bond acceptors (Lipinski definition) is 4. The summed E-state index contributed by atoms with van der Waals surface area (Å²) in [4.78, 5) is 17.9. The van der Waals surface area contributed by atoms with Crippen LogP contribution in [0, 0.1) is 5.92 Å². The Bertz CT molecular complexity index is 568. The maximum absolute atomic E-state index is 11.9. The lowest BCUT2D eigenvalue weighted by atomic mass is 9.99. The number of rotatable bonds is 12. The topological polar surface area (TPSA) is 87.4 Å². The Morgan fingerprint density at radius 1 is 1.30 bits per heavy atom. The number of aliphatic imine (C=N–C) groups is 1. The third-order valence-electron chi connectivity index (χ3n) is 4.63. The number of carbonyl (C=O) groups is 1. The third kappa shape index (κ3) is 8.88. The van der Waals surface area contributed by atoms with Crippen LogP contribution in [-0.2, 0) is 17.8 Å². The van der Waals surface area contributed by atoms with Crippen LogP contribution in [0.25, 0.3) is 0 Å². The molecular weight excluding hydrogens is 342 g/mol. The number of amides is 1. The van der Waals surface area contributed by atoms with Gasteiger partial charge in [-0.05, 0) is 12.3 Å². The van der Waals surface area contributed by atoms with Crippen molar-refractivity contribution in [1.29, 1.82) is 0 Å². The molecule has 1 unspecified atom stereocenters. The fraction of sp³-hybridized carbons (Fsp3) is 0.789. The molecule has 1 aromatic rings. The van der Waals surface area contributed by atoms with Crippen molar-refractivity contribution in [3.05, 3.63) is 12.2 Å². The van der Waals surface area contributed by atoms with Crippen molar-refractivity contribution in [2.75, 3.05) is 33.7 Å². The third-order valence-corrected chi connectivity index (χ3v) is 4.63. The van der Waals surface area contributed by atoms with E-state index in [1.807, 2.05) is 4.57 Å². The smallest absolute Gasteiger partial charge is 0.243 e. The van der Waals surface area contributed by atoms with Gasteiger partial charge in [-0.3, -0.25) is 4.79 Å². The minimum atomic E-state index is -0.0128. The zero-order valence-corrected chi connectivity index (χ0v) is 17.7. The van der Waals surface area contributed by atoms with Crippen molar-refractivity contribution < 1.29 is 4.79 Å². The molecule has 1 atom stereocenters. The maximum Gasteiger partial charge on any atom is 0.243 e. The van der Waals surface area contributed by atoms with Crippen LogP contribution in [0.5, 0.6) is 0 Å². The van der Waals surface area contributed by atoms with Crippen LogP contribution in [0.2, 0.25) is 0 Å². The molecule has 0 aliphatic carbocycles. The van der Waals surface area contributed by atoms with Crippen LogP contribution in [0.3, 0.4) is 0 Å². The molecule has 0 fully saturated rings. The summed E-state index contributed by atoms with van der Waals surface area (Å²) in [6.07, 6.45) is 7.41. The van der Waals surface area contributed by atoms with Crippen LogP contribution in [-0.4, -0.2) is 65.3 Å². The summed E-state index contributed by atoms with van der Waals surface area (Å²) >= 11 is 0. The lowest BCUT2D eigenvalue weighted by molar-refractivity contribution is -0.127. The van der Waals surface area contributed by atoms with Gasteiger partial charge in [0.1, 0.15) is 18.7 Å². The molecule has 0 spiro atoms. The highest BCUT2D eigenvalue weighted by molar-refractivity contribution is 5.84. The van der Waals surface area contributed by atoms with Crippen molar-refractivity contribution in [1.82, 2.24) is 30.3 Å². The molecule has 0 aliphatic rings. The van der Waals surface area contributed by atoms with Gasteiger partial charge in [0.2, 0.25) is 5.91 Å². The highest BCUT2D eigenvalue weighted by atomic mass is 16.2. The second kappa shape index (κ2) is 13.1. The summed E-state index contributed by atoms with van der Waals surface area (Å²) in [5, 5.41) is 14.8.